The standard InChI is InChI=1S/C30H18Cl4N2O4S/c1-14-27(15(2)37)28(25-10-9-24(40-25)17-4-7-20(32)22(34)12-17)36-29(38)26(41-30(36)35-14)13-18-5-8-23(39-18)16-3-6-19(31)21(33)11-16/h3-13,28H,1-2H3/b26-13+/t28-/m0/s1. The van der Waals surface area contributed by atoms with Gasteiger partial charge in [0, 0.05) is 28.5 Å². The highest BCUT2D eigenvalue weighted by atomic mass is 35.5. The highest BCUT2D eigenvalue weighted by Crippen LogP contribution is 2.35. The lowest BCUT2D eigenvalue weighted by molar-refractivity contribution is -0.114. The zero-order chi connectivity index (χ0) is 29.0. The van der Waals surface area contributed by atoms with E-state index >= 15 is 0 Å². The predicted octanol–water partition coefficient (Wildman–Crippen LogP) is 7.96. The van der Waals surface area contributed by atoms with Crippen LogP contribution < -0.4 is 14.9 Å². The van der Waals surface area contributed by atoms with E-state index in [0.717, 1.165) is 5.56 Å². The summed E-state index contributed by atoms with van der Waals surface area (Å²) >= 11 is 25.7. The average molecular weight is 644 g/mol. The van der Waals surface area contributed by atoms with Crippen LogP contribution in [0, 0.1) is 0 Å². The van der Waals surface area contributed by atoms with Gasteiger partial charge in [-0.1, -0.05) is 57.7 Å². The van der Waals surface area contributed by atoms with Gasteiger partial charge in [-0.2, -0.15) is 0 Å². The Bertz CT molecular complexity index is 2080. The summed E-state index contributed by atoms with van der Waals surface area (Å²) in [5.41, 5.74) is 2.02. The first-order chi connectivity index (χ1) is 19.6. The molecule has 6 nitrogen and oxygen atoms in total. The van der Waals surface area contributed by atoms with E-state index in [-0.39, 0.29) is 11.3 Å². The van der Waals surface area contributed by atoms with Crippen LogP contribution >= 0.6 is 57.7 Å². The molecule has 0 unspecified atom stereocenters. The van der Waals surface area contributed by atoms with Crippen LogP contribution in [0.25, 0.3) is 28.7 Å². The van der Waals surface area contributed by atoms with E-state index in [9.17, 15) is 9.59 Å². The van der Waals surface area contributed by atoms with Gasteiger partial charge in [-0.3, -0.25) is 14.2 Å². The topological polar surface area (TPSA) is 77.7 Å². The van der Waals surface area contributed by atoms with E-state index < -0.39 is 6.04 Å². The smallest absolute Gasteiger partial charge is 0.271 e. The first-order valence-electron chi connectivity index (χ1n) is 12.2. The number of carbonyl (C=O) groups excluding carboxylic acids is 1. The third-order valence-corrected chi connectivity index (χ3v) is 9.07. The van der Waals surface area contributed by atoms with Crippen molar-refractivity contribution in [1.82, 2.24) is 4.57 Å². The largest absolute Gasteiger partial charge is 0.458 e. The highest BCUT2D eigenvalue weighted by molar-refractivity contribution is 7.07. The zero-order valence-corrected chi connectivity index (χ0v) is 25.2. The quantitative estimate of drug-likeness (QED) is 0.195. The Morgan fingerprint density at radius 1 is 0.878 bits per heavy atom. The fourth-order valence-corrected chi connectivity index (χ4v) is 6.33. The second-order valence-corrected chi connectivity index (χ2v) is 11.9. The SMILES string of the molecule is CC(=O)C1=C(C)N=c2s/c(=C/c3ccc(-c4ccc(Cl)c(Cl)c4)o3)c(=O)n2[C@H]1c1ccc(-c2ccc(Cl)c(Cl)c2)o1. The minimum Gasteiger partial charge on any atom is -0.458 e. The van der Waals surface area contributed by atoms with Gasteiger partial charge >= 0.3 is 0 Å². The molecular formula is C30H18Cl4N2O4S. The van der Waals surface area contributed by atoms with Crippen LogP contribution in [0.3, 0.4) is 0 Å². The number of hydrogen-bond donors (Lipinski definition) is 0. The van der Waals surface area contributed by atoms with Gasteiger partial charge in [-0.25, -0.2) is 4.99 Å². The molecule has 0 fully saturated rings. The molecule has 4 heterocycles. The maximum atomic E-state index is 13.8. The molecular weight excluding hydrogens is 626 g/mol. The van der Waals surface area contributed by atoms with Gasteiger partial charge in [0.25, 0.3) is 5.56 Å². The Balaban J connectivity index is 1.44. The Kier molecular flexibility index (Phi) is 7.34. The highest BCUT2D eigenvalue weighted by Gasteiger charge is 2.33. The molecule has 6 rings (SSSR count). The van der Waals surface area contributed by atoms with Crippen LogP contribution in [0.1, 0.15) is 31.4 Å². The number of hydrogen-bond acceptors (Lipinski definition) is 6. The number of allylic oxidation sites excluding steroid dienone is 2. The number of carbonyl (C=O) groups is 1. The molecule has 0 amide bonds. The summed E-state index contributed by atoms with van der Waals surface area (Å²) in [6.45, 7) is 3.20. The summed E-state index contributed by atoms with van der Waals surface area (Å²) in [6, 6.07) is 16.6. The zero-order valence-electron chi connectivity index (χ0n) is 21.4. The molecule has 0 spiro atoms. The van der Waals surface area contributed by atoms with Gasteiger partial charge in [-0.15, -0.1) is 0 Å². The van der Waals surface area contributed by atoms with E-state index in [1.807, 2.05) is 0 Å². The maximum Gasteiger partial charge on any atom is 0.271 e. The number of ketones is 1. The predicted molar refractivity (Wildman–Crippen MR) is 163 cm³/mol. The van der Waals surface area contributed by atoms with Gasteiger partial charge in [-0.05, 0) is 74.5 Å². The average Bonchev–Trinajstić information content (AvgIpc) is 3.67. The van der Waals surface area contributed by atoms with Crippen molar-refractivity contribution in [2.45, 2.75) is 19.9 Å². The van der Waals surface area contributed by atoms with Crippen molar-refractivity contribution >= 4 is 69.6 Å². The van der Waals surface area contributed by atoms with Crippen molar-refractivity contribution < 1.29 is 13.6 Å². The van der Waals surface area contributed by atoms with E-state index in [0.29, 0.717) is 69.3 Å². The van der Waals surface area contributed by atoms with E-state index in [4.69, 9.17) is 55.2 Å². The summed E-state index contributed by atoms with van der Waals surface area (Å²) < 4.78 is 14.1. The number of fused-ring (bicyclic) bond motifs is 1. The fraction of sp³-hybridized carbons (Fsp3) is 0.100. The molecule has 1 aliphatic rings. The normalized spacial score (nSPS) is 15.3. The first kappa shape index (κ1) is 27.8. The van der Waals surface area contributed by atoms with Gasteiger partial charge in [0.2, 0.25) is 0 Å². The molecule has 11 heteroatoms. The Hall–Kier alpha value is -3.33. The molecule has 1 aliphatic heterocycles. The Morgan fingerprint density at radius 2 is 1.49 bits per heavy atom. The van der Waals surface area contributed by atoms with Gasteiger partial charge in [0.1, 0.15) is 29.1 Å². The van der Waals surface area contributed by atoms with Gasteiger partial charge in [0.15, 0.2) is 10.6 Å². The minimum absolute atomic E-state index is 0.213. The number of furan rings is 2. The summed E-state index contributed by atoms with van der Waals surface area (Å²) in [5.74, 6) is 1.76. The van der Waals surface area contributed by atoms with E-state index in [1.165, 1.54) is 22.8 Å². The van der Waals surface area contributed by atoms with Crippen LogP contribution in [0.4, 0.5) is 0 Å². The number of thiazole rings is 1. The third kappa shape index (κ3) is 5.13. The van der Waals surface area contributed by atoms with Crippen LogP contribution in [0.2, 0.25) is 20.1 Å². The lowest BCUT2D eigenvalue weighted by Gasteiger charge is -2.22. The number of aromatic nitrogens is 1. The van der Waals surface area contributed by atoms with Crippen LogP contribution in [-0.2, 0) is 4.79 Å². The van der Waals surface area contributed by atoms with Gasteiger partial charge < -0.3 is 8.83 Å². The third-order valence-electron chi connectivity index (χ3n) is 6.61. The van der Waals surface area contributed by atoms with E-state index in [1.54, 1.807) is 73.7 Å². The molecule has 2 aromatic carbocycles. The first-order valence-corrected chi connectivity index (χ1v) is 14.6. The van der Waals surface area contributed by atoms with Crippen molar-refractivity contribution in [1.29, 1.82) is 0 Å². The van der Waals surface area contributed by atoms with Gasteiger partial charge in [0.05, 0.1) is 24.6 Å². The molecule has 1 atom stereocenters. The van der Waals surface area contributed by atoms with Crippen molar-refractivity contribution in [3.05, 3.63) is 123 Å². The number of nitrogens with zero attached hydrogens (tertiary/aromatic N) is 2. The summed E-state index contributed by atoms with van der Waals surface area (Å²) in [7, 11) is 0. The Morgan fingerprint density at radius 3 is 2.10 bits per heavy atom. The second kappa shape index (κ2) is 10.8. The maximum absolute atomic E-state index is 13.8. The monoisotopic (exact) mass is 642 g/mol. The molecule has 3 aromatic heterocycles. The summed E-state index contributed by atoms with van der Waals surface area (Å²) in [6.07, 6.45) is 1.65. The fourth-order valence-electron chi connectivity index (χ4n) is 4.71. The number of halogens is 4. The number of rotatable bonds is 5. The molecule has 0 aliphatic carbocycles. The number of Topliss-reactive ketones (excluding diaryl/α,β-unsaturated/α-hetero) is 1. The summed E-state index contributed by atoms with van der Waals surface area (Å²) in [4.78, 5) is 31.6. The van der Waals surface area contributed by atoms with Crippen molar-refractivity contribution in [2.24, 2.45) is 4.99 Å². The second-order valence-electron chi connectivity index (χ2n) is 9.30. The van der Waals surface area contributed by atoms with Crippen molar-refractivity contribution in [3.8, 4) is 22.6 Å². The molecule has 0 bridgehead atoms. The lowest BCUT2D eigenvalue weighted by Crippen LogP contribution is -2.39. The van der Waals surface area contributed by atoms with Crippen LogP contribution in [0.5, 0.6) is 0 Å². The van der Waals surface area contributed by atoms with Crippen LogP contribution in [-0.4, -0.2) is 10.4 Å². The molecule has 0 radical (unpaired) electrons. The summed E-state index contributed by atoms with van der Waals surface area (Å²) in [5, 5.41) is 1.66. The number of benzene rings is 2. The minimum atomic E-state index is -0.800. The molecule has 41 heavy (non-hydrogen) atoms. The molecule has 0 N–H and O–H groups in total. The van der Waals surface area contributed by atoms with Crippen molar-refractivity contribution in [3.63, 3.8) is 0 Å². The van der Waals surface area contributed by atoms with Crippen molar-refractivity contribution in [2.75, 3.05) is 0 Å². The lowest BCUT2D eigenvalue weighted by atomic mass is 9.98. The molecule has 5 aromatic rings. The molecule has 0 saturated heterocycles. The van der Waals surface area contributed by atoms with Crippen LogP contribution in [0.15, 0.2) is 90.6 Å². The molecule has 206 valence electrons. The van der Waals surface area contributed by atoms with E-state index in [2.05, 4.69) is 4.99 Å². The molecule has 0 saturated carbocycles. The Labute approximate surface area is 257 Å².